The molecular formula is C13H11F3N2O2. The number of aryl methyl sites for hydroxylation is 2. The van der Waals surface area contributed by atoms with Crippen molar-refractivity contribution in [2.75, 3.05) is 0 Å². The van der Waals surface area contributed by atoms with Crippen LogP contribution in [0.1, 0.15) is 27.2 Å². The topological polar surface area (TPSA) is 55.1 Å². The van der Waals surface area contributed by atoms with E-state index in [1.165, 1.54) is 12.1 Å². The van der Waals surface area contributed by atoms with Gasteiger partial charge in [-0.15, -0.1) is 0 Å². The molecule has 0 bridgehead atoms. The highest BCUT2D eigenvalue weighted by atomic mass is 19.4. The van der Waals surface area contributed by atoms with Crippen LogP contribution < -0.4 is 0 Å². The van der Waals surface area contributed by atoms with Crippen LogP contribution in [0.4, 0.5) is 13.2 Å². The van der Waals surface area contributed by atoms with Crippen molar-refractivity contribution in [1.29, 1.82) is 0 Å². The minimum absolute atomic E-state index is 0.183. The van der Waals surface area contributed by atoms with Crippen LogP contribution in [0.3, 0.4) is 0 Å². The highest BCUT2D eigenvalue weighted by molar-refractivity contribution is 5.89. The summed E-state index contributed by atoms with van der Waals surface area (Å²) >= 11 is 0. The van der Waals surface area contributed by atoms with E-state index in [9.17, 15) is 18.0 Å². The van der Waals surface area contributed by atoms with Crippen LogP contribution in [0, 0.1) is 13.8 Å². The van der Waals surface area contributed by atoms with Crippen LogP contribution in [0.25, 0.3) is 5.69 Å². The number of hydrogen-bond donors (Lipinski definition) is 1. The van der Waals surface area contributed by atoms with Gasteiger partial charge in [-0.1, -0.05) is 6.07 Å². The first kappa shape index (κ1) is 14.1. The third kappa shape index (κ3) is 2.52. The highest BCUT2D eigenvalue weighted by Crippen LogP contribution is 2.33. The first-order valence-corrected chi connectivity index (χ1v) is 5.67. The van der Waals surface area contributed by atoms with E-state index in [4.69, 9.17) is 5.11 Å². The Morgan fingerprint density at radius 3 is 2.20 bits per heavy atom. The van der Waals surface area contributed by atoms with Crippen LogP contribution in [0.5, 0.6) is 0 Å². The predicted molar refractivity (Wildman–Crippen MR) is 65.0 cm³/mol. The Hall–Kier alpha value is -2.31. The molecule has 0 fully saturated rings. The Morgan fingerprint density at radius 1 is 1.20 bits per heavy atom. The summed E-state index contributed by atoms with van der Waals surface area (Å²) in [6.07, 6.45) is -4.09. The number of benzene rings is 1. The first-order chi connectivity index (χ1) is 9.20. The van der Waals surface area contributed by atoms with Crippen molar-refractivity contribution in [3.63, 3.8) is 0 Å². The zero-order chi connectivity index (χ0) is 15.1. The maximum atomic E-state index is 13.1. The van der Waals surface area contributed by atoms with Gasteiger partial charge >= 0.3 is 12.1 Å². The predicted octanol–water partition coefficient (Wildman–Crippen LogP) is 3.21. The molecule has 0 aliphatic heterocycles. The molecule has 0 radical (unpaired) electrons. The molecule has 20 heavy (non-hydrogen) atoms. The van der Waals surface area contributed by atoms with Crippen LogP contribution >= 0.6 is 0 Å². The average molecular weight is 284 g/mol. The molecule has 7 heteroatoms. The number of alkyl halides is 3. The van der Waals surface area contributed by atoms with Crippen molar-refractivity contribution in [1.82, 2.24) is 9.78 Å². The zero-order valence-electron chi connectivity index (χ0n) is 10.7. The van der Waals surface area contributed by atoms with Crippen molar-refractivity contribution in [2.45, 2.75) is 20.0 Å². The van der Waals surface area contributed by atoms with E-state index in [-0.39, 0.29) is 5.69 Å². The summed E-state index contributed by atoms with van der Waals surface area (Å²) < 4.78 is 39.8. The van der Waals surface area contributed by atoms with E-state index in [2.05, 4.69) is 5.10 Å². The van der Waals surface area contributed by atoms with Gasteiger partial charge < -0.3 is 5.11 Å². The summed E-state index contributed by atoms with van der Waals surface area (Å²) in [5, 5.41) is 12.4. The summed E-state index contributed by atoms with van der Waals surface area (Å²) in [7, 11) is 0. The molecule has 0 unspecified atom stereocenters. The van der Waals surface area contributed by atoms with Gasteiger partial charge in [-0.05, 0) is 37.1 Å². The van der Waals surface area contributed by atoms with Crippen LogP contribution in [0.2, 0.25) is 0 Å². The zero-order valence-corrected chi connectivity index (χ0v) is 10.7. The molecule has 2 aromatic rings. The summed E-state index contributed by atoms with van der Waals surface area (Å²) in [5.74, 6) is -1.66. The molecular weight excluding hydrogens is 273 g/mol. The maximum absolute atomic E-state index is 13.1. The fraction of sp³-hybridized carbons (Fsp3) is 0.231. The molecule has 1 heterocycles. The molecule has 0 spiro atoms. The Labute approximate surface area is 112 Å². The standard InChI is InChI=1S/C13H11F3N2O2/c1-7-3-8(2)5-9(4-7)18-11(13(14,15)16)10(6-17-18)12(19)20/h3-6H,1-2H3,(H,19,20). The molecule has 106 valence electrons. The van der Waals surface area contributed by atoms with E-state index in [0.717, 1.165) is 11.1 Å². The van der Waals surface area contributed by atoms with Crippen LogP contribution in [-0.2, 0) is 6.18 Å². The van der Waals surface area contributed by atoms with E-state index in [0.29, 0.717) is 10.9 Å². The van der Waals surface area contributed by atoms with Crippen LogP contribution in [0.15, 0.2) is 24.4 Å². The van der Waals surface area contributed by atoms with Crippen molar-refractivity contribution in [2.24, 2.45) is 0 Å². The number of rotatable bonds is 2. The van der Waals surface area contributed by atoms with E-state index >= 15 is 0 Å². The lowest BCUT2D eigenvalue weighted by atomic mass is 10.1. The lowest BCUT2D eigenvalue weighted by Crippen LogP contribution is -2.17. The molecule has 1 N–H and O–H groups in total. The second-order valence-corrected chi connectivity index (χ2v) is 4.47. The smallest absolute Gasteiger partial charge is 0.434 e. The Balaban J connectivity index is 2.72. The third-order valence-corrected chi connectivity index (χ3v) is 2.72. The molecule has 0 amide bonds. The molecule has 0 aliphatic rings. The number of aromatic nitrogens is 2. The second kappa shape index (κ2) is 4.66. The fourth-order valence-electron chi connectivity index (χ4n) is 2.05. The lowest BCUT2D eigenvalue weighted by Gasteiger charge is -2.12. The summed E-state index contributed by atoms with van der Waals surface area (Å²) in [5.41, 5.74) is -0.435. The highest BCUT2D eigenvalue weighted by Gasteiger charge is 2.40. The third-order valence-electron chi connectivity index (χ3n) is 2.72. The van der Waals surface area contributed by atoms with Crippen LogP contribution in [-0.4, -0.2) is 20.9 Å². The number of hydrogen-bond acceptors (Lipinski definition) is 2. The normalized spacial score (nSPS) is 11.7. The quantitative estimate of drug-likeness (QED) is 0.921. The number of carboxylic acids is 1. The minimum atomic E-state index is -4.80. The van der Waals surface area contributed by atoms with Gasteiger partial charge in [0.15, 0.2) is 5.69 Å². The Morgan fingerprint density at radius 2 is 1.75 bits per heavy atom. The van der Waals surface area contributed by atoms with Gasteiger partial charge in [0, 0.05) is 0 Å². The molecule has 4 nitrogen and oxygen atoms in total. The molecule has 1 aromatic carbocycles. The van der Waals surface area contributed by atoms with Gasteiger partial charge in [0.2, 0.25) is 0 Å². The fourth-order valence-corrected chi connectivity index (χ4v) is 2.05. The molecule has 1 aromatic heterocycles. The molecule has 0 aliphatic carbocycles. The largest absolute Gasteiger partial charge is 0.478 e. The number of nitrogens with zero attached hydrogens (tertiary/aromatic N) is 2. The Bertz CT molecular complexity index is 654. The van der Waals surface area contributed by atoms with E-state index in [1.807, 2.05) is 0 Å². The van der Waals surface area contributed by atoms with Crippen molar-refractivity contribution in [3.05, 3.63) is 46.8 Å². The van der Waals surface area contributed by atoms with Gasteiger partial charge in [0.25, 0.3) is 0 Å². The van der Waals surface area contributed by atoms with Gasteiger partial charge in [-0.3, -0.25) is 0 Å². The van der Waals surface area contributed by atoms with E-state index in [1.54, 1.807) is 19.9 Å². The number of halogens is 3. The maximum Gasteiger partial charge on any atom is 0.434 e. The number of carbonyl (C=O) groups is 1. The summed E-state index contributed by atoms with van der Waals surface area (Å²) in [6, 6.07) is 4.83. The SMILES string of the molecule is Cc1cc(C)cc(-n2ncc(C(=O)O)c2C(F)(F)F)c1. The molecule has 0 saturated heterocycles. The molecule has 0 atom stereocenters. The van der Waals surface area contributed by atoms with Gasteiger partial charge in [-0.25, -0.2) is 9.48 Å². The Kier molecular flexibility index (Phi) is 3.29. The minimum Gasteiger partial charge on any atom is -0.478 e. The van der Waals surface area contributed by atoms with E-state index < -0.39 is 23.4 Å². The van der Waals surface area contributed by atoms with Crippen molar-refractivity contribution >= 4 is 5.97 Å². The molecule has 0 saturated carbocycles. The van der Waals surface area contributed by atoms with Crippen molar-refractivity contribution < 1.29 is 23.1 Å². The average Bonchev–Trinajstić information content (AvgIpc) is 2.71. The van der Waals surface area contributed by atoms with Crippen molar-refractivity contribution in [3.8, 4) is 5.69 Å². The monoisotopic (exact) mass is 284 g/mol. The molecule has 2 rings (SSSR count). The second-order valence-electron chi connectivity index (χ2n) is 4.47. The van der Waals surface area contributed by atoms with Gasteiger partial charge in [-0.2, -0.15) is 18.3 Å². The summed E-state index contributed by atoms with van der Waals surface area (Å²) in [4.78, 5) is 10.9. The lowest BCUT2D eigenvalue weighted by molar-refractivity contribution is -0.143. The first-order valence-electron chi connectivity index (χ1n) is 5.67. The number of carboxylic acid groups (broad SMARTS) is 1. The van der Waals surface area contributed by atoms with Gasteiger partial charge in [0.1, 0.15) is 5.56 Å². The van der Waals surface area contributed by atoms with Gasteiger partial charge in [0.05, 0.1) is 11.9 Å². The summed E-state index contributed by atoms with van der Waals surface area (Å²) in [6.45, 7) is 3.48. The number of aromatic carboxylic acids is 1.